The van der Waals surface area contributed by atoms with Gasteiger partial charge in [0, 0.05) is 63.3 Å². The summed E-state index contributed by atoms with van der Waals surface area (Å²) in [6, 6.07) is 2.81. The number of Topliss-reactive ketones (excluding diaryl/α,β-unsaturated/α-hetero) is 2. The first kappa shape index (κ1) is 62.0. The smallest absolute Gasteiger partial charge is 0.410 e. The minimum atomic E-state index is -1.89. The van der Waals surface area contributed by atoms with E-state index >= 15 is 0 Å². The van der Waals surface area contributed by atoms with Crippen molar-refractivity contribution < 1.29 is 71.8 Å². The second-order valence-electron chi connectivity index (χ2n) is 21.9. The van der Waals surface area contributed by atoms with Crippen LogP contribution in [0.1, 0.15) is 149 Å². The third-order valence-electron chi connectivity index (χ3n) is 16.0. The molecule has 18 heteroatoms. The first-order chi connectivity index (χ1) is 35.8. The average Bonchev–Trinajstić information content (AvgIpc) is 4.06. The molecule has 13 atom stereocenters. The molecule has 2 aliphatic heterocycles. The van der Waals surface area contributed by atoms with Crippen LogP contribution in [0.2, 0.25) is 0 Å². The van der Waals surface area contributed by atoms with Crippen molar-refractivity contribution >= 4 is 52.4 Å². The number of thioether (sulfide) groups is 1. The quantitative estimate of drug-likeness (QED) is 0.0610. The second kappa shape index (κ2) is 27.1. The minimum absolute atomic E-state index is 0.0403. The van der Waals surface area contributed by atoms with Crippen molar-refractivity contribution in [1.82, 2.24) is 10.2 Å². The van der Waals surface area contributed by atoms with Crippen LogP contribution in [0.25, 0.3) is 0 Å². The molecule has 2 amide bonds. The number of carbonyl (C=O) groups excluding carboxylic acids is 7. The molecule has 0 aromatic heterocycles. The fraction of sp³-hybridized carbons (Fsp3) is 0.672. The molecule has 17 nitrogen and oxygen atoms in total. The Morgan fingerprint density at radius 2 is 1.68 bits per heavy atom. The second-order valence-corrected chi connectivity index (χ2v) is 23.0. The van der Waals surface area contributed by atoms with Gasteiger partial charge in [-0.25, -0.2) is 9.59 Å². The fourth-order valence-corrected chi connectivity index (χ4v) is 11.2. The van der Waals surface area contributed by atoms with E-state index < -0.39 is 77.0 Å². The zero-order valence-corrected chi connectivity index (χ0v) is 47.8. The predicted molar refractivity (Wildman–Crippen MR) is 287 cm³/mol. The van der Waals surface area contributed by atoms with E-state index in [9.17, 15) is 38.7 Å². The maximum atomic E-state index is 14.6. The molecule has 8 unspecified atom stereocenters. The topological polar surface area (TPSA) is 223 Å². The summed E-state index contributed by atoms with van der Waals surface area (Å²) in [5, 5.41) is 14.5. The van der Waals surface area contributed by atoms with Crippen molar-refractivity contribution in [3.8, 4) is 5.75 Å². The van der Waals surface area contributed by atoms with Gasteiger partial charge in [-0.05, 0) is 108 Å². The van der Waals surface area contributed by atoms with Crippen molar-refractivity contribution in [2.24, 2.45) is 17.8 Å². The summed E-state index contributed by atoms with van der Waals surface area (Å²) in [7, 11) is 4.49. The molecule has 5 rings (SSSR count). The Kier molecular flexibility index (Phi) is 22.1. The van der Waals surface area contributed by atoms with Crippen molar-refractivity contribution in [2.45, 2.75) is 199 Å². The highest BCUT2D eigenvalue weighted by atomic mass is 32.2. The first-order valence-corrected chi connectivity index (χ1v) is 27.9. The summed E-state index contributed by atoms with van der Waals surface area (Å²) in [5.41, 5.74) is -1.08. The van der Waals surface area contributed by atoms with E-state index in [1.165, 1.54) is 26.0 Å². The van der Waals surface area contributed by atoms with Gasteiger partial charge in [0.15, 0.2) is 16.6 Å². The summed E-state index contributed by atoms with van der Waals surface area (Å²) < 4.78 is 41.7. The monoisotopic (exact) mass is 1080 g/mol. The third kappa shape index (κ3) is 15.9. The number of nitrogens with zero attached hydrogens (tertiary/aromatic N) is 1. The number of amides is 2. The van der Waals surface area contributed by atoms with Crippen LogP contribution < -0.4 is 10.1 Å². The molecule has 0 spiro atoms. The van der Waals surface area contributed by atoms with E-state index in [4.69, 9.17) is 33.2 Å². The lowest BCUT2D eigenvalue weighted by Crippen LogP contribution is -2.67. The van der Waals surface area contributed by atoms with Crippen molar-refractivity contribution in [3.05, 3.63) is 64.8 Å². The van der Waals surface area contributed by atoms with Crippen LogP contribution in [-0.2, 0) is 63.6 Å². The number of ketones is 2. The summed E-state index contributed by atoms with van der Waals surface area (Å²) in [4.78, 5) is 94.7. The molecule has 1 aromatic rings. The Bertz CT molecular complexity index is 2370. The Morgan fingerprint density at radius 1 is 0.974 bits per heavy atom. The largest absolute Gasteiger partial charge is 0.496 e. The summed E-state index contributed by atoms with van der Waals surface area (Å²) in [6.07, 6.45) is 9.32. The fourth-order valence-electron chi connectivity index (χ4n) is 10.3. The van der Waals surface area contributed by atoms with Gasteiger partial charge in [-0.15, -0.1) is 0 Å². The van der Waals surface area contributed by atoms with E-state index in [1.54, 1.807) is 53.9 Å². The number of methoxy groups -OCH3 is 2. The molecular formula is C58H84N2O15S. The number of epoxide rings is 1. The van der Waals surface area contributed by atoms with Crippen LogP contribution in [0.4, 0.5) is 4.79 Å². The van der Waals surface area contributed by atoms with Crippen molar-refractivity contribution in [2.75, 3.05) is 33.6 Å². The SMILES string of the molecule is CCC(=O)COC1C/C=C/C(OC(=O)C(C)CCC(C)C(=O)SCCC(=O)N(C)[C@@H](C)C(=O)O[C@H]2CC(=O)C(C)c3cc(cc(OC)c3C)C/C(C)=C/C=C/C(OC)C3(O)CC(C)(OC(=O)N3)[C@@H](C)[C@@H]3O[C@@]23C)CCC1. The van der Waals surface area contributed by atoms with E-state index in [0.29, 0.717) is 44.3 Å². The molecule has 2 heterocycles. The van der Waals surface area contributed by atoms with Gasteiger partial charge in [0.2, 0.25) is 5.91 Å². The number of benzene rings is 1. The summed E-state index contributed by atoms with van der Waals surface area (Å²) in [6.45, 7) is 17.9. The molecule has 422 valence electrons. The van der Waals surface area contributed by atoms with Gasteiger partial charge >= 0.3 is 18.0 Å². The lowest BCUT2D eigenvalue weighted by atomic mass is 9.75. The van der Waals surface area contributed by atoms with E-state index in [0.717, 1.165) is 46.9 Å². The zero-order valence-electron chi connectivity index (χ0n) is 47.0. The third-order valence-corrected chi connectivity index (χ3v) is 17.1. The molecule has 2 N–H and O–H groups in total. The Morgan fingerprint density at radius 3 is 2.37 bits per heavy atom. The van der Waals surface area contributed by atoms with Crippen LogP contribution in [0, 0.1) is 24.7 Å². The Labute approximate surface area is 453 Å². The van der Waals surface area contributed by atoms with Crippen molar-refractivity contribution in [1.29, 1.82) is 0 Å². The summed E-state index contributed by atoms with van der Waals surface area (Å²) >= 11 is 1.02. The number of hydrogen-bond donors (Lipinski definition) is 2. The summed E-state index contributed by atoms with van der Waals surface area (Å²) in [5.74, 6) is -2.98. The standard InChI is InChI=1S/C58H84N2O15S/c1-14-42(61)32-71-43-19-16-21-44(22-17-20-43)72-52(64)35(3)24-25-36(4)54(66)76-27-26-50(63)60(11)40(8)53(65)73-49-31-46(62)37(5)45-29-41(30-47(69-12)38(45)6)28-34(2)18-15-23-48(70-13)58(68)33-56(9,75-55(67)59-58)39(7)51-57(49,10)74-51/h15-16,18,21,23,29-30,35-37,39-40,43-44,48-49,51,68H,14,17,19-20,22,24-28,31-33H2,1-13H3,(H,59,67)/b21-16+,23-15+,34-18+/t35?,36?,37?,39-,40-,43?,44?,48?,49-,51-,56?,57-,58?/m0/s1. The lowest BCUT2D eigenvalue weighted by molar-refractivity contribution is -0.173. The van der Waals surface area contributed by atoms with Crippen LogP contribution in [0.3, 0.4) is 0 Å². The normalized spacial score (nSPS) is 31.7. The molecule has 2 aliphatic carbocycles. The number of carbonyl (C=O) groups is 7. The average molecular weight is 1080 g/mol. The van der Waals surface area contributed by atoms with E-state index in [2.05, 4.69) is 5.32 Å². The van der Waals surface area contributed by atoms with Gasteiger partial charge in [0.1, 0.15) is 53.7 Å². The molecule has 4 aliphatic rings. The highest BCUT2D eigenvalue weighted by Gasteiger charge is 2.67. The van der Waals surface area contributed by atoms with Gasteiger partial charge in [-0.1, -0.05) is 82.3 Å². The predicted octanol–water partition coefficient (Wildman–Crippen LogP) is 8.38. The molecule has 0 radical (unpaired) electrons. The van der Waals surface area contributed by atoms with Gasteiger partial charge in [-0.2, -0.15) is 0 Å². The van der Waals surface area contributed by atoms with Crippen LogP contribution >= 0.6 is 11.8 Å². The Balaban J connectivity index is 1.22. The lowest BCUT2D eigenvalue weighted by Gasteiger charge is -2.47. The number of allylic oxidation sites excluding steroid dienone is 3. The van der Waals surface area contributed by atoms with Gasteiger partial charge in [-0.3, -0.25) is 29.3 Å². The number of nitrogens with one attached hydrogen (secondary N) is 1. The number of hydrogen-bond acceptors (Lipinski definition) is 16. The minimum Gasteiger partial charge on any atom is -0.496 e. The number of rotatable bonds is 18. The molecule has 2 fully saturated rings. The van der Waals surface area contributed by atoms with Gasteiger partial charge < -0.3 is 43.2 Å². The maximum absolute atomic E-state index is 14.6. The highest BCUT2D eigenvalue weighted by Crippen LogP contribution is 2.52. The number of likely N-dealkylation sites (N-methyl/N-ethyl adjacent to an activating group) is 1. The number of aliphatic hydroxyl groups is 1. The number of alkyl carbamates (subject to hydrolysis) is 1. The highest BCUT2D eigenvalue weighted by molar-refractivity contribution is 8.13. The molecular weight excluding hydrogens is 997 g/mol. The maximum Gasteiger partial charge on any atom is 0.410 e. The number of fused-ring (bicyclic) bond motifs is 5. The molecule has 2 saturated heterocycles. The molecule has 0 saturated carbocycles. The van der Waals surface area contributed by atoms with E-state index in [1.807, 2.05) is 58.1 Å². The van der Waals surface area contributed by atoms with Gasteiger partial charge in [0.05, 0.1) is 25.2 Å². The molecule has 4 bridgehead atoms. The number of ether oxygens (including phenoxy) is 7. The van der Waals surface area contributed by atoms with Crippen LogP contribution in [0.15, 0.2) is 48.1 Å². The zero-order chi connectivity index (χ0) is 56.3. The van der Waals surface area contributed by atoms with Crippen molar-refractivity contribution in [3.63, 3.8) is 0 Å². The van der Waals surface area contributed by atoms with Crippen LogP contribution in [0.5, 0.6) is 5.75 Å². The number of esters is 2. The molecule has 1 aromatic carbocycles. The molecule has 76 heavy (non-hydrogen) atoms. The van der Waals surface area contributed by atoms with E-state index in [-0.39, 0.29) is 72.4 Å². The van der Waals surface area contributed by atoms with Crippen LogP contribution in [-0.4, -0.2) is 138 Å². The first-order valence-electron chi connectivity index (χ1n) is 26.9. The van der Waals surface area contributed by atoms with Gasteiger partial charge in [0.25, 0.3) is 0 Å². The Hall–Kier alpha value is -4.88.